The van der Waals surface area contributed by atoms with Gasteiger partial charge >= 0.3 is 0 Å². The molecule has 92 valence electrons. The largest absolute Gasteiger partial charge is 0.250 e. The van der Waals surface area contributed by atoms with E-state index >= 15 is 0 Å². The summed E-state index contributed by atoms with van der Waals surface area (Å²) in [5.41, 5.74) is 0.936. The first-order chi connectivity index (χ1) is 7.47. The van der Waals surface area contributed by atoms with Crippen molar-refractivity contribution in [2.24, 2.45) is 0 Å². The van der Waals surface area contributed by atoms with Crippen molar-refractivity contribution in [3.05, 3.63) is 15.4 Å². The first-order valence-corrected chi connectivity index (χ1v) is 8.41. The summed E-state index contributed by atoms with van der Waals surface area (Å²) in [5, 5.41) is 0. The molecule has 0 saturated carbocycles. The predicted molar refractivity (Wildman–Crippen MR) is 71.9 cm³/mol. The summed E-state index contributed by atoms with van der Waals surface area (Å²) in [6, 6.07) is 1.67. The Balaban J connectivity index is 2.64. The Morgan fingerprint density at radius 1 is 1.50 bits per heavy atom. The van der Waals surface area contributed by atoms with Crippen LogP contribution < -0.4 is 4.72 Å². The molecule has 0 atom stereocenters. The van der Waals surface area contributed by atoms with Crippen LogP contribution in [0.25, 0.3) is 0 Å². The second-order valence-corrected chi connectivity index (χ2v) is 8.06. The number of hydrogen-bond donors (Lipinski definition) is 1. The summed E-state index contributed by atoms with van der Waals surface area (Å²) in [6.45, 7) is 2.30. The smallest absolute Gasteiger partial charge is 0.210 e. The van der Waals surface area contributed by atoms with Gasteiger partial charge in [0.2, 0.25) is 10.0 Å². The number of unbranched alkanes of at least 4 members (excludes halogenated alkanes) is 1. The predicted octanol–water partition coefficient (Wildman–Crippen LogP) is 3.12. The fourth-order valence-corrected chi connectivity index (χ4v) is 4.59. The maximum Gasteiger partial charge on any atom is 0.250 e. The van der Waals surface area contributed by atoms with Gasteiger partial charge < -0.3 is 0 Å². The van der Waals surface area contributed by atoms with Gasteiger partial charge in [-0.1, -0.05) is 0 Å². The molecule has 0 saturated heterocycles. The van der Waals surface area contributed by atoms with Gasteiger partial charge in [0, 0.05) is 12.4 Å². The quantitative estimate of drug-likeness (QED) is 0.635. The Kier molecular flexibility index (Phi) is 5.73. The standard InChI is InChI=1S/C9H13BrClNO2S2/c1-7-6-8(15-9(7)10)16(13,14)12-5-3-2-4-11/h6,12H,2-5H2,1H3. The number of nitrogens with one attached hydrogen (secondary N) is 1. The summed E-state index contributed by atoms with van der Waals surface area (Å²) in [5.74, 6) is 0.561. The maximum atomic E-state index is 11.8. The lowest BCUT2D eigenvalue weighted by molar-refractivity contribution is 0.580. The summed E-state index contributed by atoms with van der Waals surface area (Å²) < 4.78 is 27.4. The number of aryl methyl sites for hydroxylation is 1. The fraction of sp³-hybridized carbons (Fsp3) is 0.556. The van der Waals surface area contributed by atoms with E-state index < -0.39 is 10.0 Å². The molecule has 0 unspecified atom stereocenters. The summed E-state index contributed by atoms with van der Waals surface area (Å²) in [7, 11) is -3.35. The molecule has 0 aliphatic heterocycles. The highest BCUT2D eigenvalue weighted by atomic mass is 79.9. The summed E-state index contributed by atoms with van der Waals surface area (Å²) in [6.07, 6.45) is 1.57. The zero-order valence-corrected chi connectivity index (χ0v) is 12.8. The van der Waals surface area contributed by atoms with Gasteiger partial charge in [0.25, 0.3) is 0 Å². The van der Waals surface area contributed by atoms with E-state index in [2.05, 4.69) is 20.7 Å². The van der Waals surface area contributed by atoms with Gasteiger partial charge in [-0.15, -0.1) is 22.9 Å². The van der Waals surface area contributed by atoms with Gasteiger partial charge in [-0.25, -0.2) is 13.1 Å². The van der Waals surface area contributed by atoms with Crippen LogP contribution >= 0.6 is 38.9 Å². The average molecular weight is 347 g/mol. The third kappa shape index (κ3) is 4.00. The second-order valence-electron chi connectivity index (χ2n) is 3.32. The molecule has 0 aromatic carbocycles. The first kappa shape index (κ1) is 14.4. The van der Waals surface area contributed by atoms with E-state index in [1.54, 1.807) is 6.07 Å². The Bertz CT molecular complexity index is 425. The highest BCUT2D eigenvalue weighted by molar-refractivity contribution is 9.11. The molecule has 3 nitrogen and oxygen atoms in total. The molecule has 0 fully saturated rings. The molecule has 0 spiro atoms. The number of alkyl halides is 1. The molecule has 1 aromatic heterocycles. The van der Waals surface area contributed by atoms with Crippen molar-refractivity contribution in [1.82, 2.24) is 4.72 Å². The van der Waals surface area contributed by atoms with Crippen molar-refractivity contribution in [3.8, 4) is 0 Å². The lowest BCUT2D eigenvalue weighted by Gasteiger charge is -2.03. The van der Waals surface area contributed by atoms with Crippen molar-refractivity contribution in [2.45, 2.75) is 24.0 Å². The number of halogens is 2. The summed E-state index contributed by atoms with van der Waals surface area (Å²) >= 11 is 10.0. The van der Waals surface area contributed by atoms with E-state index in [4.69, 9.17) is 11.6 Å². The third-order valence-electron chi connectivity index (χ3n) is 1.95. The van der Waals surface area contributed by atoms with E-state index in [9.17, 15) is 8.42 Å². The van der Waals surface area contributed by atoms with Gasteiger partial charge in [-0.05, 0) is 47.3 Å². The number of thiophene rings is 1. The molecule has 0 bridgehead atoms. The molecule has 0 amide bonds. The minimum absolute atomic E-state index is 0.350. The minimum atomic E-state index is -3.35. The van der Waals surface area contributed by atoms with Crippen molar-refractivity contribution >= 4 is 48.9 Å². The lowest BCUT2D eigenvalue weighted by atomic mass is 10.3. The fourth-order valence-electron chi connectivity index (χ4n) is 1.06. The minimum Gasteiger partial charge on any atom is -0.210 e. The van der Waals surface area contributed by atoms with E-state index in [0.717, 1.165) is 22.2 Å². The molecule has 1 rings (SSSR count). The van der Waals surface area contributed by atoms with Crippen LogP contribution in [0.1, 0.15) is 18.4 Å². The molecule has 1 N–H and O–H groups in total. The van der Waals surface area contributed by atoms with Crippen LogP contribution in [0.5, 0.6) is 0 Å². The molecular weight excluding hydrogens is 334 g/mol. The SMILES string of the molecule is Cc1cc(S(=O)(=O)NCCCCCl)sc1Br. The van der Waals surface area contributed by atoms with E-state index in [0.29, 0.717) is 16.6 Å². The Hall–Kier alpha value is 0.380. The molecule has 0 aliphatic rings. The van der Waals surface area contributed by atoms with Crippen LogP contribution in [0.2, 0.25) is 0 Å². The molecule has 1 heterocycles. The average Bonchev–Trinajstić information content (AvgIpc) is 2.55. The Labute approximate surface area is 113 Å². The highest BCUT2D eigenvalue weighted by Gasteiger charge is 2.17. The van der Waals surface area contributed by atoms with E-state index in [-0.39, 0.29) is 0 Å². The highest BCUT2D eigenvalue weighted by Crippen LogP contribution is 2.30. The zero-order chi connectivity index (χ0) is 12.2. The van der Waals surface area contributed by atoms with E-state index in [1.807, 2.05) is 6.92 Å². The molecular formula is C9H13BrClNO2S2. The zero-order valence-electron chi connectivity index (χ0n) is 8.79. The van der Waals surface area contributed by atoms with Crippen LogP contribution in [-0.2, 0) is 10.0 Å². The molecule has 16 heavy (non-hydrogen) atoms. The van der Waals surface area contributed by atoms with Crippen LogP contribution in [-0.4, -0.2) is 20.8 Å². The lowest BCUT2D eigenvalue weighted by Crippen LogP contribution is -2.24. The molecule has 0 radical (unpaired) electrons. The third-order valence-corrected chi connectivity index (χ3v) is 6.29. The van der Waals surface area contributed by atoms with Crippen LogP contribution in [0.4, 0.5) is 0 Å². The van der Waals surface area contributed by atoms with Gasteiger partial charge in [0.15, 0.2) is 0 Å². The Morgan fingerprint density at radius 2 is 2.19 bits per heavy atom. The number of hydrogen-bond acceptors (Lipinski definition) is 3. The van der Waals surface area contributed by atoms with E-state index in [1.165, 1.54) is 11.3 Å². The van der Waals surface area contributed by atoms with Crippen molar-refractivity contribution in [3.63, 3.8) is 0 Å². The van der Waals surface area contributed by atoms with Gasteiger partial charge in [-0.2, -0.15) is 0 Å². The molecule has 0 aliphatic carbocycles. The normalized spacial score (nSPS) is 11.9. The van der Waals surface area contributed by atoms with Crippen LogP contribution in [0.15, 0.2) is 14.1 Å². The topological polar surface area (TPSA) is 46.2 Å². The van der Waals surface area contributed by atoms with Crippen molar-refractivity contribution in [1.29, 1.82) is 0 Å². The van der Waals surface area contributed by atoms with Crippen LogP contribution in [0.3, 0.4) is 0 Å². The van der Waals surface area contributed by atoms with Crippen molar-refractivity contribution in [2.75, 3.05) is 12.4 Å². The van der Waals surface area contributed by atoms with Gasteiger partial charge in [0.05, 0.1) is 3.79 Å². The molecule has 1 aromatic rings. The van der Waals surface area contributed by atoms with Crippen LogP contribution in [0, 0.1) is 6.92 Å². The summed E-state index contributed by atoms with van der Waals surface area (Å²) in [4.78, 5) is 0. The second kappa shape index (κ2) is 6.35. The molecule has 7 heteroatoms. The number of rotatable bonds is 6. The first-order valence-electron chi connectivity index (χ1n) is 4.79. The Morgan fingerprint density at radius 3 is 2.69 bits per heavy atom. The monoisotopic (exact) mass is 345 g/mol. The van der Waals surface area contributed by atoms with Crippen molar-refractivity contribution < 1.29 is 8.42 Å². The number of sulfonamides is 1. The van der Waals surface area contributed by atoms with Gasteiger partial charge in [0.1, 0.15) is 4.21 Å². The van der Waals surface area contributed by atoms with Gasteiger partial charge in [-0.3, -0.25) is 0 Å². The maximum absolute atomic E-state index is 11.8.